The normalized spacial score (nSPS) is 20.5. The maximum Gasteiger partial charge on any atom is 0.248 e. The molecule has 0 unspecified atom stereocenters. The van der Waals surface area contributed by atoms with E-state index in [9.17, 15) is 9.59 Å². The van der Waals surface area contributed by atoms with Gasteiger partial charge in [-0.05, 0) is 68.8 Å². The van der Waals surface area contributed by atoms with Crippen molar-refractivity contribution in [3.63, 3.8) is 0 Å². The van der Waals surface area contributed by atoms with Gasteiger partial charge in [-0.2, -0.15) is 0 Å². The van der Waals surface area contributed by atoms with Crippen molar-refractivity contribution >= 4 is 77.2 Å². The van der Waals surface area contributed by atoms with E-state index in [2.05, 4.69) is 52.1 Å². The number of likely N-dealkylation sites (tertiary alicyclic amines) is 1. The van der Waals surface area contributed by atoms with Crippen molar-refractivity contribution in [3.8, 4) is 5.75 Å². The number of ether oxygens (including phenoxy) is 1. The first-order chi connectivity index (χ1) is 17.4. The highest BCUT2D eigenvalue weighted by molar-refractivity contribution is 9.10. The zero-order valence-electron chi connectivity index (χ0n) is 19.1. The zero-order valence-corrected chi connectivity index (χ0v) is 22.3. The second-order valence-corrected chi connectivity index (χ2v) is 10.7. The minimum atomic E-state index is -0.557. The molecule has 4 aromatic rings. The third-order valence-corrected chi connectivity index (χ3v) is 7.96. The number of rotatable bonds is 5. The maximum atomic E-state index is 13.8. The van der Waals surface area contributed by atoms with Crippen LogP contribution in [0.5, 0.6) is 5.75 Å². The van der Waals surface area contributed by atoms with Crippen LogP contribution in [0.2, 0.25) is 0 Å². The van der Waals surface area contributed by atoms with Gasteiger partial charge >= 0.3 is 0 Å². The van der Waals surface area contributed by atoms with Crippen LogP contribution in [0, 0.1) is 5.92 Å². The molecule has 12 heteroatoms. The molecule has 36 heavy (non-hydrogen) atoms. The number of fused-ring (bicyclic) bond motifs is 4. The number of hydrogen-bond acceptors (Lipinski definition) is 7. The molecule has 1 aromatic carbocycles. The number of halogens is 2. The minimum absolute atomic E-state index is 0.00335. The average molecular weight is 615 g/mol. The van der Waals surface area contributed by atoms with E-state index in [1.54, 1.807) is 30.2 Å². The molecule has 2 fully saturated rings. The first kappa shape index (κ1) is 23.2. The Morgan fingerprint density at radius 3 is 2.83 bits per heavy atom. The molecule has 4 heterocycles. The van der Waals surface area contributed by atoms with E-state index in [1.165, 1.54) is 6.33 Å². The van der Waals surface area contributed by atoms with Crippen LogP contribution in [-0.4, -0.2) is 55.4 Å². The van der Waals surface area contributed by atoms with Crippen molar-refractivity contribution in [3.05, 3.63) is 45.7 Å². The highest BCUT2D eigenvalue weighted by Crippen LogP contribution is 2.48. The van der Waals surface area contributed by atoms with Gasteiger partial charge in [0.15, 0.2) is 0 Å². The molecule has 6 rings (SSSR count). The van der Waals surface area contributed by atoms with Gasteiger partial charge in [0.25, 0.3) is 0 Å². The van der Waals surface area contributed by atoms with Crippen molar-refractivity contribution < 1.29 is 14.3 Å². The summed E-state index contributed by atoms with van der Waals surface area (Å²) in [6.45, 7) is 0.00335. The predicted octanol–water partition coefficient (Wildman–Crippen LogP) is 3.72. The van der Waals surface area contributed by atoms with Crippen LogP contribution in [0.25, 0.3) is 21.9 Å². The summed E-state index contributed by atoms with van der Waals surface area (Å²) in [4.78, 5) is 41.5. The molecule has 0 bridgehead atoms. The summed E-state index contributed by atoms with van der Waals surface area (Å²) in [5.41, 5.74) is 7.51. The lowest BCUT2D eigenvalue weighted by molar-refractivity contribution is -0.138. The van der Waals surface area contributed by atoms with E-state index in [0.29, 0.717) is 45.4 Å². The van der Waals surface area contributed by atoms with Crippen molar-refractivity contribution in [1.29, 1.82) is 0 Å². The van der Waals surface area contributed by atoms with Crippen LogP contribution in [0.15, 0.2) is 45.7 Å². The third-order valence-electron chi connectivity index (χ3n) is 6.90. The third kappa shape index (κ3) is 3.79. The Morgan fingerprint density at radius 2 is 2.06 bits per heavy atom. The standard InChI is InChI=1S/C24H21Br2N7O3/c1-36-17-8-15-12(7-13(17)25)21-22(27)28-10-29-23(21)32(15)9-20(34)33-14-5-11(14)6-16(33)24(35)31-19-4-2-3-18(26)30-19/h2-4,7-8,10-11,14,16H,5-6,9H2,1H3,(H2,27,28,29)(H,30,31,35)/t11-,14-,16+/m1/s1. The van der Waals surface area contributed by atoms with Gasteiger partial charge in [-0.25, -0.2) is 15.0 Å². The number of carbonyl (C=O) groups excluding carboxylic acids is 2. The summed E-state index contributed by atoms with van der Waals surface area (Å²) < 4.78 is 8.69. The van der Waals surface area contributed by atoms with E-state index in [0.717, 1.165) is 21.8 Å². The van der Waals surface area contributed by atoms with Gasteiger partial charge in [-0.3, -0.25) is 9.59 Å². The fourth-order valence-corrected chi connectivity index (χ4v) is 6.05. The molecule has 3 aromatic heterocycles. The van der Waals surface area contributed by atoms with E-state index >= 15 is 0 Å². The van der Waals surface area contributed by atoms with Crippen LogP contribution < -0.4 is 15.8 Å². The Bertz CT molecular complexity index is 1560. The van der Waals surface area contributed by atoms with E-state index in [1.807, 2.05) is 16.7 Å². The Labute approximate surface area is 222 Å². The molecule has 0 radical (unpaired) electrons. The number of aromatic nitrogens is 4. The second-order valence-electron chi connectivity index (χ2n) is 9.00. The number of piperidine rings is 1. The molecule has 2 aliphatic rings. The second kappa shape index (κ2) is 8.70. The van der Waals surface area contributed by atoms with E-state index < -0.39 is 6.04 Å². The predicted molar refractivity (Wildman–Crippen MR) is 141 cm³/mol. The molecule has 0 spiro atoms. The summed E-state index contributed by atoms with van der Waals surface area (Å²) in [5.74, 6) is 1.34. The number of nitrogens with zero attached hydrogens (tertiary/aromatic N) is 5. The molecular formula is C24H21Br2N7O3. The van der Waals surface area contributed by atoms with E-state index in [4.69, 9.17) is 10.5 Å². The maximum absolute atomic E-state index is 13.8. The molecule has 10 nitrogen and oxygen atoms in total. The van der Waals surface area contributed by atoms with Gasteiger partial charge in [0.1, 0.15) is 46.5 Å². The number of nitrogens with one attached hydrogen (secondary N) is 1. The van der Waals surface area contributed by atoms with Crippen LogP contribution >= 0.6 is 31.9 Å². The molecule has 184 valence electrons. The van der Waals surface area contributed by atoms with Crippen LogP contribution in [-0.2, 0) is 16.1 Å². The van der Waals surface area contributed by atoms with Gasteiger partial charge in [-0.15, -0.1) is 0 Å². The number of hydrogen-bond donors (Lipinski definition) is 2. The Balaban J connectivity index is 1.35. The Kier molecular flexibility index (Phi) is 5.60. The van der Waals surface area contributed by atoms with Gasteiger partial charge in [0.05, 0.1) is 22.5 Å². The lowest BCUT2D eigenvalue weighted by Gasteiger charge is -2.27. The monoisotopic (exact) mass is 613 g/mol. The van der Waals surface area contributed by atoms with E-state index in [-0.39, 0.29) is 24.4 Å². The SMILES string of the molecule is COc1cc2c(cc1Br)c1c(N)ncnc1n2CC(=O)N1[C@@H]2C[C@@H]2C[C@H]1C(=O)Nc1cccc(Br)n1. The summed E-state index contributed by atoms with van der Waals surface area (Å²) in [6.07, 6.45) is 2.94. The molecule has 3 N–H and O–H groups in total. The highest BCUT2D eigenvalue weighted by atomic mass is 79.9. The molecule has 1 aliphatic heterocycles. The first-order valence-electron chi connectivity index (χ1n) is 11.4. The molecule has 1 saturated heterocycles. The molecular weight excluding hydrogens is 594 g/mol. The number of amides is 2. The first-order valence-corrected chi connectivity index (χ1v) is 12.9. The van der Waals surface area contributed by atoms with Crippen LogP contribution in [0.3, 0.4) is 0 Å². The summed E-state index contributed by atoms with van der Waals surface area (Å²) >= 11 is 6.85. The number of carbonyl (C=O) groups is 2. The number of nitrogen functional groups attached to an aromatic ring is 1. The topological polar surface area (TPSA) is 128 Å². The van der Waals surface area contributed by atoms with Crippen LogP contribution in [0.4, 0.5) is 11.6 Å². The fourth-order valence-electron chi connectivity index (χ4n) is 5.20. The smallest absolute Gasteiger partial charge is 0.248 e. The van der Waals surface area contributed by atoms with Crippen LogP contribution in [0.1, 0.15) is 12.8 Å². The summed E-state index contributed by atoms with van der Waals surface area (Å²) in [7, 11) is 1.58. The number of methoxy groups -OCH3 is 1. The van der Waals surface area contributed by atoms with Crippen molar-refractivity contribution in [2.24, 2.45) is 5.92 Å². The summed E-state index contributed by atoms with van der Waals surface area (Å²) in [6, 6.07) is 8.55. The zero-order chi connectivity index (χ0) is 25.1. The molecule has 3 atom stereocenters. The Morgan fingerprint density at radius 1 is 1.22 bits per heavy atom. The average Bonchev–Trinajstić information content (AvgIpc) is 3.40. The molecule has 1 saturated carbocycles. The number of anilines is 2. The van der Waals surface area contributed by atoms with Gasteiger partial charge < -0.3 is 25.3 Å². The largest absolute Gasteiger partial charge is 0.495 e. The molecule has 1 aliphatic carbocycles. The number of nitrogens with two attached hydrogens (primary N) is 1. The lowest BCUT2D eigenvalue weighted by Crippen LogP contribution is -2.46. The van der Waals surface area contributed by atoms with Crippen molar-refractivity contribution in [2.75, 3.05) is 18.2 Å². The fraction of sp³-hybridized carbons (Fsp3) is 0.292. The van der Waals surface area contributed by atoms with Gasteiger partial charge in [-0.1, -0.05) is 6.07 Å². The lowest BCUT2D eigenvalue weighted by atomic mass is 10.1. The van der Waals surface area contributed by atoms with Crippen molar-refractivity contribution in [2.45, 2.75) is 31.5 Å². The highest BCUT2D eigenvalue weighted by Gasteiger charge is 2.56. The summed E-state index contributed by atoms with van der Waals surface area (Å²) in [5, 5.41) is 4.34. The van der Waals surface area contributed by atoms with Crippen molar-refractivity contribution in [1.82, 2.24) is 24.4 Å². The van der Waals surface area contributed by atoms with Gasteiger partial charge in [0.2, 0.25) is 11.8 Å². The minimum Gasteiger partial charge on any atom is -0.495 e. The molecule has 2 amide bonds. The van der Waals surface area contributed by atoms with Gasteiger partial charge in [0, 0.05) is 17.5 Å². The quantitative estimate of drug-likeness (QED) is 0.328. The number of benzene rings is 1. The number of pyridine rings is 1. The Hall–Kier alpha value is -3.25.